The van der Waals surface area contributed by atoms with E-state index in [9.17, 15) is 4.79 Å². The van der Waals surface area contributed by atoms with Crippen LogP contribution in [-0.2, 0) is 4.79 Å². The first kappa shape index (κ1) is 15.0. The zero-order valence-electron chi connectivity index (χ0n) is 11.7. The fourth-order valence-corrected chi connectivity index (χ4v) is 1.93. The van der Waals surface area contributed by atoms with E-state index < -0.39 is 11.5 Å². The number of rotatable bonds is 4. The van der Waals surface area contributed by atoms with Crippen molar-refractivity contribution in [2.45, 2.75) is 40.7 Å². The summed E-state index contributed by atoms with van der Waals surface area (Å²) >= 11 is 5.86. The fraction of sp³-hybridized carbons (Fsp3) is 0.533. The highest BCUT2D eigenvalue weighted by Crippen LogP contribution is 2.24. The molecule has 1 unspecified atom stereocenters. The second-order valence-electron chi connectivity index (χ2n) is 5.64. The van der Waals surface area contributed by atoms with Gasteiger partial charge in [-0.15, -0.1) is 11.6 Å². The first-order valence-electron chi connectivity index (χ1n) is 6.10. The van der Waals surface area contributed by atoms with E-state index in [4.69, 9.17) is 16.3 Å². The third-order valence-corrected chi connectivity index (χ3v) is 3.05. The lowest BCUT2D eigenvalue weighted by Crippen LogP contribution is -2.38. The Balaban J connectivity index is 2.90. The largest absolute Gasteiger partial charge is 0.481 e. The predicted octanol–water partition coefficient (Wildman–Crippen LogP) is 3.90. The van der Waals surface area contributed by atoms with Crippen LogP contribution >= 0.6 is 11.6 Å². The zero-order chi connectivity index (χ0) is 13.9. The number of carbonyl (C=O) groups is 1. The third-order valence-electron chi connectivity index (χ3n) is 2.77. The maximum atomic E-state index is 12.2. The van der Waals surface area contributed by atoms with Gasteiger partial charge < -0.3 is 4.74 Å². The van der Waals surface area contributed by atoms with E-state index in [2.05, 4.69) is 0 Å². The van der Waals surface area contributed by atoms with Crippen LogP contribution in [0.5, 0.6) is 5.75 Å². The van der Waals surface area contributed by atoms with Crippen molar-refractivity contribution < 1.29 is 9.53 Å². The van der Waals surface area contributed by atoms with Gasteiger partial charge in [0, 0.05) is 5.41 Å². The Kier molecular flexibility index (Phi) is 4.80. The van der Waals surface area contributed by atoms with Crippen LogP contribution in [0.3, 0.4) is 0 Å². The van der Waals surface area contributed by atoms with Gasteiger partial charge in [-0.05, 0) is 25.5 Å². The van der Waals surface area contributed by atoms with E-state index in [1.807, 2.05) is 52.8 Å². The lowest BCUT2D eigenvalue weighted by Gasteiger charge is -2.24. The van der Waals surface area contributed by atoms with Crippen LogP contribution in [0.25, 0.3) is 0 Å². The predicted molar refractivity (Wildman–Crippen MR) is 75.5 cm³/mol. The molecule has 0 bridgehead atoms. The summed E-state index contributed by atoms with van der Waals surface area (Å²) in [6, 6.07) is 5.89. The van der Waals surface area contributed by atoms with Crippen molar-refractivity contribution in [3.05, 3.63) is 29.3 Å². The number of ketones is 1. The van der Waals surface area contributed by atoms with Gasteiger partial charge in [-0.25, -0.2) is 0 Å². The van der Waals surface area contributed by atoms with Crippen molar-refractivity contribution in [2.24, 2.45) is 5.41 Å². The van der Waals surface area contributed by atoms with Crippen molar-refractivity contribution in [3.8, 4) is 5.75 Å². The summed E-state index contributed by atoms with van der Waals surface area (Å²) in [7, 11) is 0. The fourth-order valence-electron chi connectivity index (χ4n) is 1.72. The summed E-state index contributed by atoms with van der Waals surface area (Å²) in [4.78, 5) is 12.2. The SMILES string of the molecule is Cc1ccc(OC(CCl)C(=O)C(C)(C)C)c(C)c1. The van der Waals surface area contributed by atoms with Crippen LogP contribution in [0, 0.1) is 19.3 Å². The van der Waals surface area contributed by atoms with E-state index in [0.29, 0.717) is 0 Å². The zero-order valence-corrected chi connectivity index (χ0v) is 12.5. The van der Waals surface area contributed by atoms with Crippen LogP contribution in [0.4, 0.5) is 0 Å². The Labute approximate surface area is 114 Å². The van der Waals surface area contributed by atoms with E-state index in [1.54, 1.807) is 0 Å². The number of ether oxygens (including phenoxy) is 1. The van der Waals surface area contributed by atoms with E-state index >= 15 is 0 Å². The number of aryl methyl sites for hydroxylation is 2. The number of benzene rings is 1. The van der Waals surface area contributed by atoms with Crippen LogP contribution in [0.15, 0.2) is 18.2 Å². The molecule has 0 amide bonds. The molecule has 0 saturated carbocycles. The number of carbonyl (C=O) groups excluding carboxylic acids is 1. The van der Waals surface area contributed by atoms with Crippen molar-refractivity contribution in [2.75, 3.05) is 5.88 Å². The molecule has 0 aliphatic heterocycles. The quantitative estimate of drug-likeness (QED) is 0.774. The Hall–Kier alpha value is -1.02. The van der Waals surface area contributed by atoms with Gasteiger partial charge in [0.1, 0.15) is 5.75 Å². The minimum Gasteiger partial charge on any atom is -0.481 e. The van der Waals surface area contributed by atoms with Crippen molar-refractivity contribution in [3.63, 3.8) is 0 Å². The molecule has 0 saturated heterocycles. The average Bonchev–Trinajstić information content (AvgIpc) is 2.26. The molecule has 18 heavy (non-hydrogen) atoms. The molecule has 0 spiro atoms. The van der Waals surface area contributed by atoms with E-state index in [0.717, 1.165) is 11.3 Å². The first-order valence-corrected chi connectivity index (χ1v) is 6.63. The monoisotopic (exact) mass is 268 g/mol. The minimum absolute atomic E-state index is 0.0254. The Bertz CT molecular complexity index is 433. The van der Waals surface area contributed by atoms with Gasteiger partial charge in [-0.3, -0.25) is 4.79 Å². The Morgan fingerprint density at radius 1 is 1.33 bits per heavy atom. The highest BCUT2D eigenvalue weighted by molar-refractivity contribution is 6.20. The highest BCUT2D eigenvalue weighted by atomic mass is 35.5. The second kappa shape index (κ2) is 5.75. The third kappa shape index (κ3) is 3.74. The standard InChI is InChI=1S/C15H21ClO2/c1-10-6-7-12(11(2)8-10)18-13(9-16)14(17)15(3,4)5/h6-8,13H,9H2,1-5H3. The smallest absolute Gasteiger partial charge is 0.179 e. The van der Waals surface area contributed by atoms with Gasteiger partial charge in [-0.2, -0.15) is 0 Å². The summed E-state index contributed by atoms with van der Waals surface area (Å²) in [6.45, 7) is 9.62. The maximum Gasteiger partial charge on any atom is 0.179 e. The van der Waals surface area contributed by atoms with Crippen LogP contribution in [0.1, 0.15) is 31.9 Å². The molecular formula is C15H21ClO2. The molecular weight excluding hydrogens is 248 g/mol. The molecule has 0 N–H and O–H groups in total. The minimum atomic E-state index is -0.590. The maximum absolute atomic E-state index is 12.2. The summed E-state index contributed by atoms with van der Waals surface area (Å²) < 4.78 is 5.76. The highest BCUT2D eigenvalue weighted by Gasteiger charge is 2.30. The Morgan fingerprint density at radius 2 is 1.94 bits per heavy atom. The average molecular weight is 269 g/mol. The number of halogens is 1. The lowest BCUT2D eigenvalue weighted by molar-refractivity contribution is -0.132. The molecule has 1 atom stereocenters. The van der Waals surface area contributed by atoms with Gasteiger partial charge in [0.15, 0.2) is 11.9 Å². The molecule has 0 fully saturated rings. The van der Waals surface area contributed by atoms with Gasteiger partial charge in [0.25, 0.3) is 0 Å². The van der Waals surface area contributed by atoms with Gasteiger partial charge >= 0.3 is 0 Å². The molecule has 0 aromatic heterocycles. The normalized spacial score (nSPS) is 13.2. The van der Waals surface area contributed by atoms with Gasteiger partial charge in [0.2, 0.25) is 0 Å². The summed E-state index contributed by atoms with van der Waals surface area (Å²) in [5.74, 6) is 0.921. The van der Waals surface area contributed by atoms with Crippen molar-refractivity contribution >= 4 is 17.4 Å². The number of hydrogen-bond acceptors (Lipinski definition) is 2. The Morgan fingerprint density at radius 3 is 2.39 bits per heavy atom. The molecule has 1 aromatic carbocycles. The number of Topliss-reactive ketones (excluding diaryl/α,β-unsaturated/α-hetero) is 1. The molecule has 0 aliphatic carbocycles. The van der Waals surface area contributed by atoms with Crippen molar-refractivity contribution in [1.82, 2.24) is 0 Å². The molecule has 2 nitrogen and oxygen atoms in total. The second-order valence-corrected chi connectivity index (χ2v) is 5.95. The lowest BCUT2D eigenvalue weighted by atomic mass is 9.88. The summed E-state index contributed by atoms with van der Waals surface area (Å²) in [5, 5.41) is 0. The molecule has 0 heterocycles. The topological polar surface area (TPSA) is 26.3 Å². The van der Waals surface area contributed by atoms with Crippen LogP contribution in [-0.4, -0.2) is 17.8 Å². The molecule has 100 valence electrons. The molecule has 0 radical (unpaired) electrons. The van der Waals surface area contributed by atoms with Crippen LogP contribution < -0.4 is 4.74 Å². The molecule has 3 heteroatoms. The first-order chi connectivity index (χ1) is 8.25. The van der Waals surface area contributed by atoms with E-state index in [-0.39, 0.29) is 11.7 Å². The van der Waals surface area contributed by atoms with Gasteiger partial charge in [0.05, 0.1) is 5.88 Å². The van der Waals surface area contributed by atoms with Gasteiger partial charge in [-0.1, -0.05) is 38.5 Å². The summed E-state index contributed by atoms with van der Waals surface area (Å²) in [5.41, 5.74) is 1.74. The molecule has 0 aliphatic rings. The summed E-state index contributed by atoms with van der Waals surface area (Å²) in [6.07, 6.45) is -0.590. The van der Waals surface area contributed by atoms with Crippen molar-refractivity contribution in [1.29, 1.82) is 0 Å². The molecule has 1 aromatic rings. The number of alkyl halides is 1. The van der Waals surface area contributed by atoms with E-state index in [1.165, 1.54) is 5.56 Å². The molecule has 1 rings (SSSR count). The number of hydrogen-bond donors (Lipinski definition) is 0. The van der Waals surface area contributed by atoms with Crippen LogP contribution in [0.2, 0.25) is 0 Å².